The number of fused-ring (bicyclic) bond motifs is 1. The van der Waals surface area contributed by atoms with Crippen molar-refractivity contribution < 1.29 is 9.72 Å². The number of carbonyl (C=O) groups excluding carboxylic acids is 1. The summed E-state index contributed by atoms with van der Waals surface area (Å²) < 4.78 is 0. The van der Waals surface area contributed by atoms with Gasteiger partial charge in [-0.3, -0.25) is 14.9 Å². The summed E-state index contributed by atoms with van der Waals surface area (Å²) in [6.45, 7) is 1.09. The highest BCUT2D eigenvalue weighted by molar-refractivity contribution is 6.08. The van der Waals surface area contributed by atoms with Crippen LogP contribution >= 0.6 is 0 Å². The Balaban J connectivity index is 2.10. The van der Waals surface area contributed by atoms with Crippen molar-refractivity contribution >= 4 is 11.6 Å². The Morgan fingerprint density at radius 1 is 1.39 bits per heavy atom. The van der Waals surface area contributed by atoms with E-state index in [0.717, 1.165) is 31.6 Å². The van der Waals surface area contributed by atoms with E-state index in [9.17, 15) is 20.2 Å². The minimum atomic E-state index is -1.36. The van der Waals surface area contributed by atoms with Gasteiger partial charge in [-0.15, -0.1) is 0 Å². The highest BCUT2D eigenvalue weighted by atomic mass is 16.6. The van der Waals surface area contributed by atoms with Crippen LogP contribution in [0.25, 0.3) is 0 Å². The SMILES string of the molecule is N#CCC1(C[N+](=O)[O-])C(=O)N(C2CCNCC2)c2ccccc21. The van der Waals surface area contributed by atoms with Gasteiger partial charge in [-0.05, 0) is 37.6 Å². The highest BCUT2D eigenvalue weighted by Gasteiger charge is 2.55. The average molecular weight is 314 g/mol. The van der Waals surface area contributed by atoms with Crippen LogP contribution in [-0.2, 0) is 10.2 Å². The molecule has 1 saturated heterocycles. The molecule has 3 rings (SSSR count). The molecule has 2 aliphatic rings. The molecule has 0 saturated carbocycles. The molecule has 0 radical (unpaired) electrons. The van der Waals surface area contributed by atoms with Gasteiger partial charge in [0.05, 0.1) is 12.5 Å². The van der Waals surface area contributed by atoms with Gasteiger partial charge in [0, 0.05) is 16.7 Å². The first-order valence-corrected chi connectivity index (χ1v) is 7.73. The third kappa shape index (κ3) is 2.45. The van der Waals surface area contributed by atoms with Gasteiger partial charge in [0.15, 0.2) is 5.41 Å². The molecule has 0 spiro atoms. The maximum absolute atomic E-state index is 13.2. The van der Waals surface area contributed by atoms with Crippen LogP contribution in [0.3, 0.4) is 0 Å². The van der Waals surface area contributed by atoms with Gasteiger partial charge in [0.25, 0.3) is 0 Å². The molecule has 7 nitrogen and oxygen atoms in total. The van der Waals surface area contributed by atoms with Gasteiger partial charge >= 0.3 is 0 Å². The van der Waals surface area contributed by atoms with Crippen LogP contribution in [0.1, 0.15) is 24.8 Å². The lowest BCUT2D eigenvalue weighted by molar-refractivity contribution is -0.487. The van der Waals surface area contributed by atoms with Crippen LogP contribution in [-0.4, -0.2) is 36.5 Å². The summed E-state index contributed by atoms with van der Waals surface area (Å²) in [5.74, 6) is -0.302. The number of amides is 1. The third-order valence-corrected chi connectivity index (χ3v) is 4.76. The van der Waals surface area contributed by atoms with Crippen molar-refractivity contribution in [1.82, 2.24) is 5.32 Å². The number of hydrogen-bond acceptors (Lipinski definition) is 5. The van der Waals surface area contributed by atoms with Crippen LogP contribution in [0.2, 0.25) is 0 Å². The number of benzene rings is 1. The molecule has 1 N–H and O–H groups in total. The van der Waals surface area contributed by atoms with Gasteiger partial charge in [0.2, 0.25) is 12.5 Å². The number of nitrogens with zero attached hydrogens (tertiary/aromatic N) is 3. The van der Waals surface area contributed by atoms with E-state index in [1.54, 1.807) is 17.0 Å². The summed E-state index contributed by atoms with van der Waals surface area (Å²) in [7, 11) is 0. The summed E-state index contributed by atoms with van der Waals surface area (Å²) in [6.07, 6.45) is 1.44. The van der Waals surface area contributed by atoms with Crippen molar-refractivity contribution in [1.29, 1.82) is 5.26 Å². The Hall–Kier alpha value is -2.46. The first-order chi connectivity index (χ1) is 11.1. The number of rotatable bonds is 4. The molecular formula is C16H18N4O3. The van der Waals surface area contributed by atoms with E-state index in [2.05, 4.69) is 5.32 Å². The minimum absolute atomic E-state index is 0.0252. The molecule has 2 heterocycles. The molecule has 23 heavy (non-hydrogen) atoms. The maximum Gasteiger partial charge on any atom is 0.245 e. The number of nitrogens with one attached hydrogen (secondary N) is 1. The van der Waals surface area contributed by atoms with Crippen molar-refractivity contribution in [3.8, 4) is 6.07 Å². The van der Waals surface area contributed by atoms with Gasteiger partial charge in [0.1, 0.15) is 0 Å². The highest BCUT2D eigenvalue weighted by Crippen LogP contribution is 2.45. The molecule has 1 fully saturated rings. The summed E-state index contributed by atoms with van der Waals surface area (Å²) >= 11 is 0. The first kappa shape index (κ1) is 15.4. The summed E-state index contributed by atoms with van der Waals surface area (Å²) in [5.41, 5.74) is -0.0250. The number of nitriles is 1. The van der Waals surface area contributed by atoms with Crippen LogP contribution in [0.5, 0.6) is 0 Å². The molecule has 1 aromatic carbocycles. The number of piperidine rings is 1. The van der Waals surface area contributed by atoms with Crippen molar-refractivity contribution in [3.63, 3.8) is 0 Å². The normalized spacial score (nSPS) is 24.3. The summed E-state index contributed by atoms with van der Waals surface area (Å²) in [4.78, 5) is 25.6. The molecule has 1 unspecified atom stereocenters. The van der Waals surface area contributed by atoms with E-state index in [1.807, 2.05) is 18.2 Å². The molecule has 2 aliphatic heterocycles. The van der Waals surface area contributed by atoms with Crippen molar-refractivity contribution in [2.75, 3.05) is 24.5 Å². The molecular weight excluding hydrogens is 296 g/mol. The van der Waals surface area contributed by atoms with E-state index < -0.39 is 16.9 Å². The molecule has 0 aromatic heterocycles. The Bertz CT molecular complexity index is 678. The third-order valence-electron chi connectivity index (χ3n) is 4.76. The molecule has 0 aliphatic carbocycles. The zero-order chi connectivity index (χ0) is 16.4. The zero-order valence-corrected chi connectivity index (χ0v) is 12.7. The van der Waals surface area contributed by atoms with Crippen molar-refractivity contribution in [2.45, 2.75) is 30.7 Å². The second-order valence-corrected chi connectivity index (χ2v) is 6.08. The number of carbonyl (C=O) groups is 1. The standard InChI is InChI=1S/C16H18N4O3/c17-8-7-16(11-19(22)23)13-3-1-2-4-14(13)20(15(16)21)12-5-9-18-10-6-12/h1-4,12,18H,5-7,9-11H2. The summed E-state index contributed by atoms with van der Waals surface area (Å²) in [5, 5.41) is 23.6. The molecule has 1 atom stereocenters. The van der Waals surface area contributed by atoms with Gasteiger partial charge in [-0.2, -0.15) is 5.26 Å². The van der Waals surface area contributed by atoms with E-state index >= 15 is 0 Å². The Morgan fingerprint density at radius 3 is 2.74 bits per heavy atom. The largest absolute Gasteiger partial charge is 0.317 e. The molecule has 1 amide bonds. The lowest BCUT2D eigenvalue weighted by Gasteiger charge is -2.33. The van der Waals surface area contributed by atoms with Gasteiger partial charge < -0.3 is 10.2 Å². The number of hydrogen-bond donors (Lipinski definition) is 1. The average Bonchev–Trinajstić information content (AvgIpc) is 2.77. The van der Waals surface area contributed by atoms with E-state index in [1.165, 1.54) is 0 Å². The lowest BCUT2D eigenvalue weighted by Crippen LogP contribution is -2.51. The minimum Gasteiger partial charge on any atom is -0.317 e. The lowest BCUT2D eigenvalue weighted by atomic mass is 9.79. The van der Waals surface area contributed by atoms with Gasteiger partial charge in [-0.1, -0.05) is 18.2 Å². The smallest absolute Gasteiger partial charge is 0.245 e. The van der Waals surface area contributed by atoms with Crippen LogP contribution in [0, 0.1) is 21.4 Å². The van der Waals surface area contributed by atoms with Gasteiger partial charge in [-0.25, -0.2) is 0 Å². The predicted molar refractivity (Wildman–Crippen MR) is 83.6 cm³/mol. The van der Waals surface area contributed by atoms with Crippen LogP contribution < -0.4 is 10.2 Å². The van der Waals surface area contributed by atoms with Crippen molar-refractivity contribution in [2.24, 2.45) is 0 Å². The van der Waals surface area contributed by atoms with E-state index in [4.69, 9.17) is 0 Å². The fourth-order valence-electron chi connectivity index (χ4n) is 3.71. The predicted octanol–water partition coefficient (Wildman–Crippen LogP) is 1.21. The number of nitro groups is 1. The Morgan fingerprint density at radius 2 is 2.09 bits per heavy atom. The molecule has 120 valence electrons. The second-order valence-electron chi connectivity index (χ2n) is 6.08. The topological polar surface area (TPSA) is 99.3 Å². The zero-order valence-electron chi connectivity index (χ0n) is 12.7. The van der Waals surface area contributed by atoms with Crippen LogP contribution in [0.15, 0.2) is 24.3 Å². The fourth-order valence-corrected chi connectivity index (χ4v) is 3.71. The van der Waals surface area contributed by atoms with Crippen molar-refractivity contribution in [3.05, 3.63) is 39.9 Å². The number of para-hydroxylation sites is 1. The van der Waals surface area contributed by atoms with E-state index in [0.29, 0.717) is 5.56 Å². The Kier molecular flexibility index (Phi) is 4.01. The monoisotopic (exact) mass is 314 g/mol. The quantitative estimate of drug-likeness (QED) is 0.665. The number of anilines is 1. The Labute approximate surface area is 134 Å². The second kappa shape index (κ2) is 5.97. The van der Waals surface area contributed by atoms with E-state index in [-0.39, 0.29) is 18.4 Å². The van der Waals surface area contributed by atoms with Crippen LogP contribution in [0.4, 0.5) is 5.69 Å². The molecule has 0 bridgehead atoms. The maximum atomic E-state index is 13.2. The fraction of sp³-hybridized carbons (Fsp3) is 0.500. The molecule has 7 heteroatoms. The summed E-state index contributed by atoms with van der Waals surface area (Å²) in [6, 6.07) is 9.18. The molecule has 1 aromatic rings. The first-order valence-electron chi connectivity index (χ1n) is 7.73.